The Hall–Kier alpha value is -3.05. The highest BCUT2D eigenvalue weighted by atomic mass is 16.6. The van der Waals surface area contributed by atoms with Crippen LogP contribution in [-0.2, 0) is 27.4 Å². The van der Waals surface area contributed by atoms with Crippen LogP contribution in [0.15, 0.2) is 18.2 Å². The SMILES string of the molecule is CC(C)(C)C1NC(=O)OCCCCCCCOc2cccc3c2CN(C3)C(=O)OC2CC(C(O)O)N(C2)C1=O. The minimum atomic E-state index is -1.84. The van der Waals surface area contributed by atoms with Gasteiger partial charge in [0.2, 0.25) is 5.91 Å². The fraction of sp³-hybridized carbons (Fsp3) is 0.679. The van der Waals surface area contributed by atoms with Crippen molar-refractivity contribution in [3.63, 3.8) is 0 Å². The molecular weight excluding hydrogens is 506 g/mol. The topological polar surface area (TPSA) is 138 Å². The van der Waals surface area contributed by atoms with Gasteiger partial charge in [-0.05, 0) is 29.9 Å². The average molecular weight is 548 g/mol. The maximum absolute atomic E-state index is 13.6. The number of carbonyl (C=O) groups excluding carboxylic acids is 3. The van der Waals surface area contributed by atoms with Crippen molar-refractivity contribution in [2.24, 2.45) is 5.41 Å². The van der Waals surface area contributed by atoms with Crippen LogP contribution in [0, 0.1) is 5.41 Å². The van der Waals surface area contributed by atoms with Crippen LogP contribution in [0.2, 0.25) is 0 Å². The van der Waals surface area contributed by atoms with Crippen LogP contribution in [0.5, 0.6) is 5.75 Å². The Bertz CT molecular complexity index is 1040. The molecule has 3 N–H and O–H groups in total. The van der Waals surface area contributed by atoms with Gasteiger partial charge in [0.1, 0.15) is 17.9 Å². The predicted molar refractivity (Wildman–Crippen MR) is 141 cm³/mol. The second-order valence-corrected chi connectivity index (χ2v) is 11.7. The highest BCUT2D eigenvalue weighted by molar-refractivity contribution is 5.87. The molecule has 1 aromatic rings. The molecule has 3 amide bonds. The molecule has 3 atom stereocenters. The van der Waals surface area contributed by atoms with Gasteiger partial charge in [0, 0.05) is 18.5 Å². The van der Waals surface area contributed by atoms with E-state index in [9.17, 15) is 24.6 Å². The normalized spacial score (nSPS) is 25.8. The van der Waals surface area contributed by atoms with Crippen LogP contribution in [-0.4, -0.2) is 82.3 Å². The smallest absolute Gasteiger partial charge is 0.410 e. The van der Waals surface area contributed by atoms with E-state index in [0.717, 1.165) is 42.6 Å². The molecule has 0 radical (unpaired) electrons. The van der Waals surface area contributed by atoms with Crippen LogP contribution < -0.4 is 10.1 Å². The Morgan fingerprint density at radius 3 is 2.36 bits per heavy atom. The number of benzene rings is 1. The fourth-order valence-corrected chi connectivity index (χ4v) is 5.38. The average Bonchev–Trinajstić information content (AvgIpc) is 3.50. The van der Waals surface area contributed by atoms with Crippen molar-refractivity contribution in [2.75, 3.05) is 19.8 Å². The third kappa shape index (κ3) is 7.13. The molecule has 0 aliphatic carbocycles. The van der Waals surface area contributed by atoms with Gasteiger partial charge in [0.05, 0.1) is 32.3 Å². The van der Waals surface area contributed by atoms with Crippen LogP contribution in [0.4, 0.5) is 9.59 Å². The van der Waals surface area contributed by atoms with Gasteiger partial charge in [-0.2, -0.15) is 0 Å². The number of nitrogens with zero attached hydrogens (tertiary/aromatic N) is 2. The van der Waals surface area contributed by atoms with Crippen molar-refractivity contribution >= 4 is 18.1 Å². The van der Waals surface area contributed by atoms with Gasteiger partial charge in [0.25, 0.3) is 0 Å². The summed E-state index contributed by atoms with van der Waals surface area (Å²) in [5.41, 5.74) is 1.27. The van der Waals surface area contributed by atoms with Crippen molar-refractivity contribution < 1.29 is 38.8 Å². The summed E-state index contributed by atoms with van der Waals surface area (Å²) < 4.78 is 17.1. The maximum Gasteiger partial charge on any atom is 0.410 e. The van der Waals surface area contributed by atoms with Crippen LogP contribution in [0.1, 0.15) is 70.4 Å². The maximum atomic E-state index is 13.6. The number of rotatable bonds is 1. The molecule has 1 fully saturated rings. The van der Waals surface area contributed by atoms with Gasteiger partial charge in [-0.1, -0.05) is 52.2 Å². The molecule has 1 saturated heterocycles. The number of amides is 3. The number of hydrogen-bond donors (Lipinski definition) is 3. The van der Waals surface area contributed by atoms with Crippen LogP contribution in [0.3, 0.4) is 0 Å². The van der Waals surface area contributed by atoms with E-state index in [0.29, 0.717) is 26.1 Å². The van der Waals surface area contributed by atoms with E-state index >= 15 is 0 Å². The molecule has 0 spiro atoms. The molecule has 4 bridgehead atoms. The first-order chi connectivity index (χ1) is 18.5. The summed E-state index contributed by atoms with van der Waals surface area (Å²) >= 11 is 0. The summed E-state index contributed by atoms with van der Waals surface area (Å²) in [6, 6.07) is 3.82. The van der Waals surface area contributed by atoms with E-state index < -0.39 is 48.0 Å². The molecule has 216 valence electrons. The van der Waals surface area contributed by atoms with E-state index in [1.165, 1.54) is 4.90 Å². The first kappa shape index (κ1) is 28.9. The molecule has 3 heterocycles. The lowest BCUT2D eigenvalue weighted by Crippen LogP contribution is -2.57. The Labute approximate surface area is 229 Å². The standard InChI is InChI=1S/C28H41N3O8/c1-28(2,3)23-24(32)31-16-19(14-21(31)25(33)34)39-27(36)30-15-18-10-9-11-22(20(18)17-30)37-12-7-5-4-6-8-13-38-26(35)29-23/h9-11,19,21,23,25,33-34H,4-8,12-17H2,1-3H3,(H,29,35). The Kier molecular flexibility index (Phi) is 9.22. The molecule has 3 unspecified atom stereocenters. The number of carbonyl (C=O) groups is 3. The summed E-state index contributed by atoms with van der Waals surface area (Å²) in [7, 11) is 0. The van der Waals surface area contributed by atoms with E-state index in [1.54, 1.807) is 25.7 Å². The molecule has 0 saturated carbocycles. The number of cyclic esters (lactones) is 1. The van der Waals surface area contributed by atoms with E-state index in [1.807, 2.05) is 18.2 Å². The van der Waals surface area contributed by atoms with Crippen molar-refractivity contribution in [3.05, 3.63) is 29.3 Å². The first-order valence-corrected chi connectivity index (χ1v) is 13.8. The molecule has 11 heteroatoms. The highest BCUT2D eigenvalue weighted by Crippen LogP contribution is 2.33. The van der Waals surface area contributed by atoms with Crippen molar-refractivity contribution in [1.82, 2.24) is 15.1 Å². The van der Waals surface area contributed by atoms with Gasteiger partial charge in [0.15, 0.2) is 6.29 Å². The second kappa shape index (κ2) is 12.4. The van der Waals surface area contributed by atoms with Crippen molar-refractivity contribution in [1.29, 1.82) is 0 Å². The minimum Gasteiger partial charge on any atom is -0.493 e. The quantitative estimate of drug-likeness (QED) is 0.457. The molecule has 3 aliphatic heterocycles. The number of ether oxygens (including phenoxy) is 3. The predicted octanol–water partition coefficient (Wildman–Crippen LogP) is 2.90. The fourth-order valence-electron chi connectivity index (χ4n) is 5.38. The third-order valence-electron chi connectivity index (χ3n) is 7.55. The lowest BCUT2D eigenvalue weighted by Gasteiger charge is -2.35. The van der Waals surface area contributed by atoms with Gasteiger partial charge in [-0.25, -0.2) is 9.59 Å². The van der Waals surface area contributed by atoms with E-state index in [2.05, 4.69) is 5.32 Å². The Morgan fingerprint density at radius 2 is 1.67 bits per heavy atom. The summed E-state index contributed by atoms with van der Waals surface area (Å²) in [4.78, 5) is 42.2. The summed E-state index contributed by atoms with van der Waals surface area (Å²) in [5.74, 6) is 0.271. The van der Waals surface area contributed by atoms with Gasteiger partial charge in [-0.15, -0.1) is 0 Å². The zero-order valence-corrected chi connectivity index (χ0v) is 23.1. The number of aliphatic hydroxyl groups is 2. The Balaban J connectivity index is 1.53. The van der Waals surface area contributed by atoms with Crippen molar-refractivity contribution in [3.8, 4) is 5.75 Å². The number of aliphatic hydroxyl groups excluding tert-OH is 1. The zero-order chi connectivity index (χ0) is 28.2. The second-order valence-electron chi connectivity index (χ2n) is 11.7. The lowest BCUT2D eigenvalue weighted by molar-refractivity contribution is -0.147. The van der Waals surface area contributed by atoms with Gasteiger partial charge < -0.3 is 34.6 Å². The summed E-state index contributed by atoms with van der Waals surface area (Å²) in [5, 5.41) is 22.8. The molecule has 0 aromatic heterocycles. The molecular formula is C28H41N3O8. The number of fused-ring (bicyclic) bond motifs is 3. The number of hydrogen-bond acceptors (Lipinski definition) is 8. The molecule has 11 nitrogen and oxygen atoms in total. The summed E-state index contributed by atoms with van der Waals surface area (Å²) in [6.07, 6.45) is 0.704. The highest BCUT2D eigenvalue weighted by Gasteiger charge is 2.46. The first-order valence-electron chi connectivity index (χ1n) is 13.8. The van der Waals surface area contributed by atoms with Gasteiger partial charge >= 0.3 is 12.2 Å². The zero-order valence-electron chi connectivity index (χ0n) is 23.1. The lowest BCUT2D eigenvalue weighted by atomic mass is 9.85. The molecule has 3 aliphatic rings. The van der Waals surface area contributed by atoms with Crippen LogP contribution in [0.25, 0.3) is 0 Å². The van der Waals surface area contributed by atoms with E-state index in [4.69, 9.17) is 14.2 Å². The van der Waals surface area contributed by atoms with E-state index in [-0.39, 0.29) is 19.6 Å². The molecule has 4 rings (SSSR count). The molecule has 39 heavy (non-hydrogen) atoms. The Morgan fingerprint density at radius 1 is 0.974 bits per heavy atom. The van der Waals surface area contributed by atoms with Crippen LogP contribution >= 0.6 is 0 Å². The van der Waals surface area contributed by atoms with Crippen molar-refractivity contribution in [2.45, 2.75) is 96.9 Å². The third-order valence-corrected chi connectivity index (χ3v) is 7.55. The monoisotopic (exact) mass is 547 g/mol. The number of nitrogens with one attached hydrogen (secondary N) is 1. The number of alkyl carbamates (subject to hydrolysis) is 1. The largest absolute Gasteiger partial charge is 0.493 e. The molecule has 1 aromatic carbocycles. The minimum absolute atomic E-state index is 0.0225. The summed E-state index contributed by atoms with van der Waals surface area (Å²) in [6.45, 7) is 6.94. The van der Waals surface area contributed by atoms with Gasteiger partial charge in [-0.3, -0.25) is 9.69 Å².